The minimum Gasteiger partial charge on any atom is -0.382 e. The SMILES string of the molecule is CO[C@@H](C(=O)NCc1cn(C2CN(C(=O)C3CC(C(C)(C)C)=NO3)C2)nn1)c1ccccc1. The summed E-state index contributed by atoms with van der Waals surface area (Å²) in [6.07, 6.45) is 1.10. The molecule has 1 saturated heterocycles. The maximum Gasteiger partial charge on any atom is 0.267 e. The number of nitrogens with one attached hydrogen (secondary N) is 1. The third-order valence-electron chi connectivity index (χ3n) is 5.94. The predicted molar refractivity (Wildman–Crippen MR) is 120 cm³/mol. The molecule has 0 spiro atoms. The number of oxime groups is 1. The van der Waals surface area contributed by atoms with Crippen LogP contribution in [0.3, 0.4) is 0 Å². The average molecular weight is 455 g/mol. The van der Waals surface area contributed by atoms with E-state index in [9.17, 15) is 9.59 Å². The van der Waals surface area contributed by atoms with Gasteiger partial charge in [-0.3, -0.25) is 9.59 Å². The Balaban J connectivity index is 1.25. The number of benzene rings is 1. The highest BCUT2D eigenvalue weighted by Gasteiger charge is 2.41. The zero-order chi connectivity index (χ0) is 23.6. The molecule has 3 heterocycles. The van der Waals surface area contributed by atoms with Crippen molar-refractivity contribution in [1.29, 1.82) is 0 Å². The largest absolute Gasteiger partial charge is 0.382 e. The molecule has 1 N–H and O–H groups in total. The van der Waals surface area contributed by atoms with E-state index in [1.165, 1.54) is 7.11 Å². The van der Waals surface area contributed by atoms with Crippen molar-refractivity contribution in [3.63, 3.8) is 0 Å². The van der Waals surface area contributed by atoms with Crippen LogP contribution < -0.4 is 5.32 Å². The lowest BCUT2D eigenvalue weighted by Gasteiger charge is -2.39. The van der Waals surface area contributed by atoms with Gasteiger partial charge < -0.3 is 19.8 Å². The molecule has 0 bridgehead atoms. The molecule has 0 radical (unpaired) electrons. The monoisotopic (exact) mass is 454 g/mol. The van der Waals surface area contributed by atoms with E-state index >= 15 is 0 Å². The van der Waals surface area contributed by atoms with E-state index in [4.69, 9.17) is 9.57 Å². The first-order valence-electron chi connectivity index (χ1n) is 11.0. The normalized spacial score (nSPS) is 19.5. The van der Waals surface area contributed by atoms with Gasteiger partial charge in [0.05, 0.1) is 24.5 Å². The Morgan fingerprint density at radius 1 is 1.24 bits per heavy atom. The van der Waals surface area contributed by atoms with Crippen molar-refractivity contribution in [2.24, 2.45) is 10.6 Å². The molecule has 10 heteroatoms. The van der Waals surface area contributed by atoms with E-state index in [1.54, 1.807) is 15.8 Å². The van der Waals surface area contributed by atoms with Crippen molar-refractivity contribution >= 4 is 17.5 Å². The predicted octanol–water partition coefficient (Wildman–Crippen LogP) is 1.86. The number of hydrogen-bond acceptors (Lipinski definition) is 7. The molecule has 1 fully saturated rings. The number of nitrogens with zero attached hydrogens (tertiary/aromatic N) is 5. The van der Waals surface area contributed by atoms with E-state index in [1.807, 2.05) is 30.3 Å². The fourth-order valence-corrected chi connectivity index (χ4v) is 3.82. The summed E-state index contributed by atoms with van der Waals surface area (Å²) in [5, 5.41) is 15.3. The molecule has 33 heavy (non-hydrogen) atoms. The van der Waals surface area contributed by atoms with E-state index in [-0.39, 0.29) is 29.8 Å². The third-order valence-corrected chi connectivity index (χ3v) is 5.94. The summed E-state index contributed by atoms with van der Waals surface area (Å²) in [4.78, 5) is 32.4. The molecule has 1 aromatic carbocycles. The number of likely N-dealkylation sites (tertiary alicyclic amines) is 1. The number of ether oxygens (including phenoxy) is 1. The van der Waals surface area contributed by atoms with Crippen molar-refractivity contribution in [3.05, 3.63) is 47.8 Å². The Morgan fingerprint density at radius 2 is 1.97 bits per heavy atom. The Bertz CT molecular complexity index is 1020. The molecule has 2 aliphatic rings. The number of carbonyl (C=O) groups is 2. The third kappa shape index (κ3) is 5.05. The lowest BCUT2D eigenvalue weighted by atomic mass is 9.87. The first-order valence-corrected chi connectivity index (χ1v) is 11.0. The molecule has 0 saturated carbocycles. The number of carbonyl (C=O) groups excluding carboxylic acids is 2. The lowest BCUT2D eigenvalue weighted by Crippen LogP contribution is -2.54. The van der Waals surface area contributed by atoms with Crippen LogP contribution in [-0.2, 0) is 25.7 Å². The van der Waals surface area contributed by atoms with Crippen molar-refractivity contribution in [2.45, 2.75) is 52.0 Å². The van der Waals surface area contributed by atoms with Crippen LogP contribution in [0.1, 0.15) is 50.6 Å². The van der Waals surface area contributed by atoms with Gasteiger partial charge in [-0.15, -0.1) is 5.10 Å². The molecule has 1 unspecified atom stereocenters. The number of methoxy groups -OCH3 is 1. The minimum absolute atomic E-state index is 0.0475. The smallest absolute Gasteiger partial charge is 0.267 e. The van der Waals surface area contributed by atoms with E-state index < -0.39 is 12.2 Å². The number of rotatable bonds is 7. The molecule has 2 aromatic rings. The van der Waals surface area contributed by atoms with Gasteiger partial charge in [-0.05, 0) is 5.56 Å². The lowest BCUT2D eigenvalue weighted by molar-refractivity contribution is -0.148. The zero-order valence-corrected chi connectivity index (χ0v) is 19.4. The van der Waals surface area contributed by atoms with Crippen LogP contribution in [0.25, 0.3) is 0 Å². The van der Waals surface area contributed by atoms with Gasteiger partial charge in [0, 0.05) is 32.0 Å². The molecular weight excluding hydrogens is 424 g/mol. The first-order chi connectivity index (χ1) is 15.8. The van der Waals surface area contributed by atoms with Gasteiger partial charge in [0.1, 0.15) is 5.69 Å². The van der Waals surface area contributed by atoms with E-state index in [0.29, 0.717) is 25.2 Å². The van der Waals surface area contributed by atoms with Crippen molar-refractivity contribution in [2.75, 3.05) is 20.2 Å². The fraction of sp³-hybridized carbons (Fsp3) is 0.522. The molecule has 2 amide bonds. The second kappa shape index (κ2) is 9.30. The highest BCUT2D eigenvalue weighted by atomic mass is 16.6. The van der Waals surface area contributed by atoms with Gasteiger partial charge in [-0.2, -0.15) is 0 Å². The van der Waals surface area contributed by atoms with E-state index in [0.717, 1.165) is 11.3 Å². The van der Waals surface area contributed by atoms with Crippen LogP contribution in [0.4, 0.5) is 0 Å². The molecule has 2 atom stereocenters. The zero-order valence-electron chi connectivity index (χ0n) is 19.4. The summed E-state index contributed by atoms with van der Waals surface area (Å²) in [5.41, 5.74) is 2.22. The van der Waals surface area contributed by atoms with Gasteiger partial charge in [-0.25, -0.2) is 4.68 Å². The van der Waals surface area contributed by atoms with Gasteiger partial charge in [0.25, 0.3) is 11.8 Å². The van der Waals surface area contributed by atoms with Crippen LogP contribution in [0.2, 0.25) is 0 Å². The molecule has 4 rings (SSSR count). The molecular formula is C23H30N6O4. The van der Waals surface area contributed by atoms with Crippen LogP contribution in [0, 0.1) is 5.41 Å². The van der Waals surface area contributed by atoms with Crippen LogP contribution >= 0.6 is 0 Å². The van der Waals surface area contributed by atoms with Crippen molar-refractivity contribution in [1.82, 2.24) is 25.2 Å². The van der Waals surface area contributed by atoms with Gasteiger partial charge in [0.2, 0.25) is 6.10 Å². The topological polar surface area (TPSA) is 111 Å². The van der Waals surface area contributed by atoms with E-state index in [2.05, 4.69) is 41.6 Å². The first kappa shape index (κ1) is 22.9. The van der Waals surface area contributed by atoms with Gasteiger partial charge in [0.15, 0.2) is 6.10 Å². The molecule has 0 aliphatic carbocycles. The number of aromatic nitrogens is 3. The molecule has 10 nitrogen and oxygen atoms in total. The maximum absolute atomic E-state index is 12.7. The second-order valence-electron chi connectivity index (χ2n) is 9.42. The summed E-state index contributed by atoms with van der Waals surface area (Å²) < 4.78 is 7.09. The molecule has 2 aliphatic heterocycles. The molecule has 176 valence electrons. The second-order valence-corrected chi connectivity index (χ2v) is 9.42. The van der Waals surface area contributed by atoms with Crippen molar-refractivity contribution < 1.29 is 19.2 Å². The van der Waals surface area contributed by atoms with Crippen LogP contribution in [-0.4, -0.2) is 63.7 Å². The van der Waals surface area contributed by atoms with Crippen LogP contribution in [0.15, 0.2) is 41.7 Å². The quantitative estimate of drug-likeness (QED) is 0.684. The highest BCUT2D eigenvalue weighted by Crippen LogP contribution is 2.29. The van der Waals surface area contributed by atoms with Gasteiger partial charge >= 0.3 is 0 Å². The average Bonchev–Trinajstić information content (AvgIpc) is 3.42. The number of amides is 2. The number of hydrogen-bond donors (Lipinski definition) is 1. The summed E-state index contributed by atoms with van der Waals surface area (Å²) >= 11 is 0. The fourth-order valence-electron chi connectivity index (χ4n) is 3.82. The van der Waals surface area contributed by atoms with Gasteiger partial charge in [-0.1, -0.05) is 61.5 Å². The Kier molecular flexibility index (Phi) is 6.46. The summed E-state index contributed by atoms with van der Waals surface area (Å²) in [7, 11) is 1.50. The Hall–Kier alpha value is -3.27. The van der Waals surface area contributed by atoms with Crippen molar-refractivity contribution in [3.8, 4) is 0 Å². The molecule has 1 aromatic heterocycles. The van der Waals surface area contributed by atoms with Crippen LogP contribution in [0.5, 0.6) is 0 Å². The summed E-state index contributed by atoms with van der Waals surface area (Å²) in [6.45, 7) is 7.50. The standard InChI is InChI=1S/C23H30N6O4/c1-23(2,3)19-10-18(33-26-19)22(31)28-13-17(14-28)29-12-16(25-27-29)11-24-21(30)20(32-4)15-8-6-5-7-9-15/h5-9,12,17-18,20H,10-11,13-14H2,1-4H3,(H,24,30)/t18?,20-/m1/s1. The summed E-state index contributed by atoms with van der Waals surface area (Å²) in [5.74, 6) is -0.291. The minimum atomic E-state index is -0.687. The summed E-state index contributed by atoms with van der Waals surface area (Å²) in [6, 6.07) is 9.36. The Morgan fingerprint density at radius 3 is 2.61 bits per heavy atom. The highest BCUT2D eigenvalue weighted by molar-refractivity contribution is 5.95. The Labute approximate surface area is 192 Å². The maximum atomic E-state index is 12.7.